The van der Waals surface area contributed by atoms with Crippen LogP contribution in [0.1, 0.15) is 39.0 Å². The summed E-state index contributed by atoms with van der Waals surface area (Å²) in [6, 6.07) is -0.520. The van der Waals surface area contributed by atoms with Crippen molar-refractivity contribution >= 4 is 12.0 Å². The number of alkyl halides is 3. The number of amides is 2. The van der Waals surface area contributed by atoms with Crippen molar-refractivity contribution in [3.8, 4) is 0 Å². The lowest BCUT2D eigenvalue weighted by Crippen LogP contribution is -2.50. The zero-order chi connectivity index (χ0) is 16.0. The number of carbonyl (C=O) groups excluding carboxylic acids is 1. The second-order valence-corrected chi connectivity index (χ2v) is 5.41. The van der Waals surface area contributed by atoms with Crippen LogP contribution < -0.4 is 5.32 Å². The third kappa shape index (κ3) is 6.22. The van der Waals surface area contributed by atoms with E-state index in [1.54, 1.807) is 11.8 Å². The Hall–Kier alpha value is -1.47. The lowest BCUT2D eigenvalue weighted by molar-refractivity contribution is -0.143. The first-order valence-electron chi connectivity index (χ1n) is 7.04. The summed E-state index contributed by atoms with van der Waals surface area (Å²) >= 11 is 0. The molecule has 2 N–H and O–H groups in total. The molecule has 1 aliphatic rings. The van der Waals surface area contributed by atoms with Gasteiger partial charge in [0.05, 0.1) is 5.92 Å². The van der Waals surface area contributed by atoms with E-state index >= 15 is 0 Å². The van der Waals surface area contributed by atoms with Crippen molar-refractivity contribution in [2.45, 2.75) is 51.2 Å². The molecule has 1 fully saturated rings. The van der Waals surface area contributed by atoms with Crippen LogP contribution in [0.25, 0.3) is 0 Å². The van der Waals surface area contributed by atoms with Gasteiger partial charge in [-0.05, 0) is 32.6 Å². The quantitative estimate of drug-likeness (QED) is 0.767. The molecule has 21 heavy (non-hydrogen) atoms. The van der Waals surface area contributed by atoms with Gasteiger partial charge >= 0.3 is 18.2 Å². The number of aliphatic carboxylic acids is 1. The summed E-state index contributed by atoms with van der Waals surface area (Å²) in [6.07, 6.45) is -3.94. The largest absolute Gasteiger partial charge is 0.481 e. The van der Waals surface area contributed by atoms with Crippen molar-refractivity contribution in [2.75, 3.05) is 13.1 Å². The van der Waals surface area contributed by atoms with Crippen LogP contribution in [-0.4, -0.2) is 47.3 Å². The number of nitrogens with one attached hydrogen (secondary N) is 1. The Balaban J connectivity index is 2.25. The minimum atomic E-state index is -4.16. The second-order valence-electron chi connectivity index (χ2n) is 5.41. The number of rotatable bonds is 5. The fourth-order valence-corrected chi connectivity index (χ4v) is 2.45. The molecule has 0 aromatic heterocycles. The Morgan fingerprint density at radius 2 is 2.00 bits per heavy atom. The van der Waals surface area contributed by atoms with Gasteiger partial charge in [-0.15, -0.1) is 0 Å². The number of hydrogen-bond acceptors (Lipinski definition) is 2. The molecule has 2 amide bonds. The van der Waals surface area contributed by atoms with Crippen LogP contribution in [0.4, 0.5) is 18.0 Å². The molecule has 0 aromatic rings. The first-order valence-corrected chi connectivity index (χ1v) is 7.04. The predicted molar refractivity (Wildman–Crippen MR) is 69.8 cm³/mol. The van der Waals surface area contributed by atoms with Crippen LogP contribution >= 0.6 is 0 Å². The SMILES string of the molecule is CC1CC(C(=O)O)CCN1C(=O)NCCCCC(F)(F)F. The van der Waals surface area contributed by atoms with Crippen LogP contribution in [0.5, 0.6) is 0 Å². The Kier molecular flexibility index (Phi) is 6.29. The molecular formula is C13H21F3N2O3. The Morgan fingerprint density at radius 3 is 2.52 bits per heavy atom. The number of nitrogens with zero attached hydrogens (tertiary/aromatic N) is 1. The standard InChI is InChI=1S/C13H21F3N2O3/c1-9-8-10(11(19)20)4-7-18(9)12(21)17-6-3-2-5-13(14,15)16/h9-10H,2-8H2,1H3,(H,17,21)(H,19,20). The summed E-state index contributed by atoms with van der Waals surface area (Å²) in [7, 11) is 0. The highest BCUT2D eigenvalue weighted by Crippen LogP contribution is 2.23. The third-order valence-electron chi connectivity index (χ3n) is 3.65. The third-order valence-corrected chi connectivity index (χ3v) is 3.65. The van der Waals surface area contributed by atoms with Gasteiger partial charge in [-0.25, -0.2) is 4.79 Å². The maximum absolute atomic E-state index is 11.9. The normalized spacial score (nSPS) is 23.0. The highest BCUT2D eigenvalue weighted by molar-refractivity contribution is 5.75. The molecule has 0 aliphatic carbocycles. The molecule has 2 unspecified atom stereocenters. The molecule has 1 saturated heterocycles. The number of unbranched alkanes of at least 4 members (excludes halogenated alkanes) is 1. The van der Waals surface area contributed by atoms with Gasteiger partial charge in [0.15, 0.2) is 0 Å². The van der Waals surface area contributed by atoms with Crippen LogP contribution in [0.15, 0.2) is 0 Å². The summed E-state index contributed by atoms with van der Waals surface area (Å²) in [5.41, 5.74) is 0. The monoisotopic (exact) mass is 310 g/mol. The summed E-state index contributed by atoms with van der Waals surface area (Å²) in [6.45, 7) is 2.32. The van der Waals surface area contributed by atoms with Crippen LogP contribution in [0.3, 0.4) is 0 Å². The van der Waals surface area contributed by atoms with Gasteiger partial charge in [0, 0.05) is 25.6 Å². The highest BCUT2D eigenvalue weighted by Gasteiger charge is 2.32. The van der Waals surface area contributed by atoms with E-state index in [1.165, 1.54) is 0 Å². The van der Waals surface area contributed by atoms with E-state index < -0.39 is 24.5 Å². The molecule has 8 heteroatoms. The Morgan fingerprint density at radius 1 is 1.33 bits per heavy atom. The van der Waals surface area contributed by atoms with Crippen LogP contribution in [-0.2, 0) is 4.79 Å². The number of likely N-dealkylation sites (tertiary alicyclic amines) is 1. The smallest absolute Gasteiger partial charge is 0.389 e. The van der Waals surface area contributed by atoms with Gasteiger partial charge in [0.1, 0.15) is 0 Å². The van der Waals surface area contributed by atoms with Crippen molar-refractivity contribution in [3.63, 3.8) is 0 Å². The van der Waals surface area contributed by atoms with Crippen molar-refractivity contribution in [1.82, 2.24) is 10.2 Å². The van der Waals surface area contributed by atoms with Gasteiger partial charge in [0.25, 0.3) is 0 Å². The fourth-order valence-electron chi connectivity index (χ4n) is 2.45. The summed E-state index contributed by atoms with van der Waals surface area (Å²) < 4.78 is 35.8. The average Bonchev–Trinajstić information content (AvgIpc) is 2.36. The molecule has 5 nitrogen and oxygen atoms in total. The number of piperidine rings is 1. The summed E-state index contributed by atoms with van der Waals surface area (Å²) in [4.78, 5) is 24.3. The zero-order valence-corrected chi connectivity index (χ0v) is 11.9. The van der Waals surface area contributed by atoms with Gasteiger partial charge in [-0.1, -0.05) is 0 Å². The molecule has 122 valence electrons. The van der Waals surface area contributed by atoms with E-state index in [0.717, 1.165) is 0 Å². The maximum Gasteiger partial charge on any atom is 0.389 e. The first kappa shape index (κ1) is 17.6. The molecule has 0 radical (unpaired) electrons. The van der Waals surface area contributed by atoms with Crippen molar-refractivity contribution in [2.24, 2.45) is 5.92 Å². The van der Waals surface area contributed by atoms with Gasteiger partial charge in [-0.3, -0.25) is 4.79 Å². The molecule has 1 aliphatic heterocycles. The minimum Gasteiger partial charge on any atom is -0.481 e. The van der Waals surface area contributed by atoms with Crippen molar-refractivity contribution in [1.29, 1.82) is 0 Å². The number of halogens is 3. The average molecular weight is 310 g/mol. The molecule has 1 rings (SSSR count). The lowest BCUT2D eigenvalue weighted by atomic mass is 9.92. The highest BCUT2D eigenvalue weighted by atomic mass is 19.4. The lowest BCUT2D eigenvalue weighted by Gasteiger charge is -2.36. The topological polar surface area (TPSA) is 69.6 Å². The van der Waals surface area contributed by atoms with E-state index in [9.17, 15) is 22.8 Å². The maximum atomic E-state index is 11.9. The van der Waals surface area contributed by atoms with Gasteiger partial charge < -0.3 is 15.3 Å². The molecule has 0 aromatic carbocycles. The van der Waals surface area contributed by atoms with Crippen molar-refractivity contribution in [3.05, 3.63) is 0 Å². The molecule has 0 bridgehead atoms. The van der Waals surface area contributed by atoms with Crippen LogP contribution in [0, 0.1) is 5.92 Å². The number of carbonyl (C=O) groups is 2. The van der Waals surface area contributed by atoms with E-state index in [0.29, 0.717) is 19.4 Å². The second kappa shape index (κ2) is 7.51. The van der Waals surface area contributed by atoms with E-state index in [-0.39, 0.29) is 31.5 Å². The molecule has 1 heterocycles. The number of carboxylic acids is 1. The van der Waals surface area contributed by atoms with E-state index in [2.05, 4.69) is 5.32 Å². The van der Waals surface area contributed by atoms with E-state index in [4.69, 9.17) is 5.11 Å². The number of carboxylic acid groups (broad SMARTS) is 1. The van der Waals surface area contributed by atoms with Gasteiger partial charge in [-0.2, -0.15) is 13.2 Å². The Labute approximate surface area is 121 Å². The Bertz CT molecular complexity index is 374. The molecule has 2 atom stereocenters. The fraction of sp³-hybridized carbons (Fsp3) is 0.846. The molecule has 0 saturated carbocycles. The molecule has 0 spiro atoms. The number of urea groups is 1. The predicted octanol–water partition coefficient (Wildman–Crippen LogP) is 2.61. The van der Waals surface area contributed by atoms with E-state index in [1.807, 2.05) is 0 Å². The van der Waals surface area contributed by atoms with Crippen LogP contribution in [0.2, 0.25) is 0 Å². The first-order chi connectivity index (χ1) is 9.70. The summed E-state index contributed by atoms with van der Waals surface area (Å²) in [5, 5.41) is 11.5. The van der Waals surface area contributed by atoms with Gasteiger partial charge in [0.2, 0.25) is 0 Å². The minimum absolute atomic E-state index is 0.0135. The summed E-state index contributed by atoms with van der Waals surface area (Å²) in [5.74, 6) is -1.29. The molecular weight excluding hydrogens is 289 g/mol. The van der Waals surface area contributed by atoms with Crippen molar-refractivity contribution < 1.29 is 27.9 Å². The zero-order valence-electron chi connectivity index (χ0n) is 11.9. The number of hydrogen-bond donors (Lipinski definition) is 2.